The van der Waals surface area contributed by atoms with Gasteiger partial charge in [0, 0.05) is 26.5 Å². The molecule has 5 rings (SSSR count). The second-order valence-corrected chi connectivity index (χ2v) is 12.7. The summed E-state index contributed by atoms with van der Waals surface area (Å²) < 4.78 is 5.39. The average molecular weight is 655 g/mol. The molecule has 0 aliphatic carbocycles. The van der Waals surface area contributed by atoms with Crippen molar-refractivity contribution in [3.63, 3.8) is 0 Å². The van der Waals surface area contributed by atoms with Crippen molar-refractivity contribution in [3.8, 4) is 11.1 Å². The summed E-state index contributed by atoms with van der Waals surface area (Å²) in [6, 6.07) is 31.9. The number of anilines is 2. The van der Waals surface area contributed by atoms with E-state index in [0.29, 0.717) is 26.8 Å². The summed E-state index contributed by atoms with van der Waals surface area (Å²) in [7, 11) is 0. The van der Waals surface area contributed by atoms with Crippen molar-refractivity contribution in [2.24, 2.45) is 0 Å². The lowest BCUT2D eigenvalue weighted by molar-refractivity contribution is -0.116. The molecule has 0 spiro atoms. The molecular weight excluding hydrogens is 624 g/mol. The number of carbonyl (C=O) groups excluding carboxylic acids is 3. The summed E-state index contributed by atoms with van der Waals surface area (Å²) in [5, 5.41) is 8.24. The minimum Gasteiger partial charge on any atom is -0.462 e. The third kappa shape index (κ3) is 8.42. The molecule has 0 saturated carbocycles. The summed E-state index contributed by atoms with van der Waals surface area (Å²) in [6.07, 6.45) is 0.206. The molecular formula is C36H31ClN2O4S2. The van der Waals surface area contributed by atoms with Crippen LogP contribution in [0.25, 0.3) is 11.1 Å². The van der Waals surface area contributed by atoms with Crippen LogP contribution in [0.3, 0.4) is 0 Å². The molecule has 0 aliphatic heterocycles. The van der Waals surface area contributed by atoms with Crippen molar-refractivity contribution < 1.29 is 19.1 Å². The molecule has 0 bridgehead atoms. The quantitative estimate of drug-likeness (QED) is 0.110. The number of rotatable bonds is 11. The normalized spacial score (nSPS) is 11.4. The molecule has 0 aliphatic rings. The third-order valence-corrected chi connectivity index (χ3v) is 9.26. The van der Waals surface area contributed by atoms with E-state index in [-0.39, 0.29) is 24.8 Å². The Labute approximate surface area is 275 Å². The summed E-state index contributed by atoms with van der Waals surface area (Å²) in [4.78, 5) is 40.6. The van der Waals surface area contributed by atoms with Gasteiger partial charge in [-0.05, 0) is 60.9 Å². The van der Waals surface area contributed by atoms with Crippen LogP contribution in [0, 0.1) is 6.92 Å². The topological polar surface area (TPSA) is 84.5 Å². The molecule has 1 heterocycles. The lowest BCUT2D eigenvalue weighted by Crippen LogP contribution is -2.20. The number of ether oxygens (including phenoxy) is 1. The van der Waals surface area contributed by atoms with Crippen LogP contribution in [0.5, 0.6) is 0 Å². The van der Waals surface area contributed by atoms with Crippen LogP contribution >= 0.6 is 34.7 Å². The minimum absolute atomic E-state index is 0.162. The van der Waals surface area contributed by atoms with Crippen molar-refractivity contribution in [3.05, 3.63) is 136 Å². The molecule has 0 saturated heterocycles. The number of hydrogen-bond acceptors (Lipinski definition) is 6. The Bertz CT molecular complexity index is 1790. The summed E-state index contributed by atoms with van der Waals surface area (Å²) in [5.74, 6) is -0.938. The van der Waals surface area contributed by atoms with Gasteiger partial charge in [0.15, 0.2) is 0 Å². The van der Waals surface area contributed by atoms with Crippen LogP contribution < -0.4 is 10.6 Å². The van der Waals surface area contributed by atoms with E-state index in [1.54, 1.807) is 19.1 Å². The van der Waals surface area contributed by atoms with Gasteiger partial charge in [0.05, 0.1) is 13.0 Å². The smallest absolute Gasteiger partial charge is 0.341 e. The van der Waals surface area contributed by atoms with E-state index in [2.05, 4.69) is 10.6 Å². The van der Waals surface area contributed by atoms with Gasteiger partial charge in [-0.3, -0.25) is 9.59 Å². The highest BCUT2D eigenvalue weighted by Crippen LogP contribution is 2.40. The molecule has 4 aromatic carbocycles. The van der Waals surface area contributed by atoms with E-state index >= 15 is 0 Å². The van der Waals surface area contributed by atoms with E-state index in [1.807, 2.05) is 103 Å². The number of amides is 2. The zero-order valence-corrected chi connectivity index (χ0v) is 27.1. The van der Waals surface area contributed by atoms with Crippen molar-refractivity contribution in [2.45, 2.75) is 30.4 Å². The lowest BCUT2D eigenvalue weighted by Gasteiger charge is -2.18. The molecule has 1 atom stereocenters. The molecule has 2 amide bonds. The molecule has 2 N–H and O–H groups in total. The maximum absolute atomic E-state index is 14.0. The standard InChI is InChI=1S/C36H31ClN2O4S2/c1-3-43-36(42)32-30(25-16-12-23(2)13-17-25)22-44-35(32)39-34(41)33(26-8-5-4-6-9-26)45-29-11-7-10-28(21-29)38-31(40)20-24-14-18-27(37)19-15-24/h4-19,21-22,33H,3,20H2,1-2H3,(H,38,40)(H,39,41). The Morgan fingerprint density at radius 2 is 1.62 bits per heavy atom. The van der Waals surface area contributed by atoms with Gasteiger partial charge in [-0.15, -0.1) is 23.1 Å². The number of halogens is 1. The number of benzene rings is 4. The first-order valence-corrected chi connectivity index (χ1v) is 16.5. The first-order chi connectivity index (χ1) is 21.8. The van der Waals surface area contributed by atoms with E-state index in [9.17, 15) is 14.4 Å². The highest BCUT2D eigenvalue weighted by molar-refractivity contribution is 8.00. The summed E-state index contributed by atoms with van der Waals surface area (Å²) in [6.45, 7) is 3.97. The first-order valence-electron chi connectivity index (χ1n) is 14.3. The molecule has 0 fully saturated rings. The van der Waals surface area contributed by atoms with Crippen molar-refractivity contribution in [1.29, 1.82) is 0 Å². The fourth-order valence-corrected chi connectivity index (χ4v) is 6.83. The largest absolute Gasteiger partial charge is 0.462 e. The molecule has 9 heteroatoms. The van der Waals surface area contributed by atoms with Gasteiger partial charge in [-0.25, -0.2) is 4.79 Å². The fourth-order valence-electron chi connectivity index (χ4n) is 4.66. The predicted molar refractivity (Wildman–Crippen MR) is 184 cm³/mol. The van der Waals surface area contributed by atoms with Gasteiger partial charge in [0.25, 0.3) is 0 Å². The van der Waals surface area contributed by atoms with Gasteiger partial charge >= 0.3 is 5.97 Å². The highest BCUT2D eigenvalue weighted by Gasteiger charge is 2.27. The third-order valence-electron chi connectivity index (χ3n) is 6.86. The number of hydrogen-bond donors (Lipinski definition) is 2. The second-order valence-electron chi connectivity index (χ2n) is 10.2. The molecule has 0 radical (unpaired) electrons. The average Bonchev–Trinajstić information content (AvgIpc) is 3.45. The Balaban J connectivity index is 1.38. The van der Waals surface area contributed by atoms with Gasteiger partial charge in [0.2, 0.25) is 11.8 Å². The van der Waals surface area contributed by atoms with Gasteiger partial charge in [-0.2, -0.15) is 0 Å². The van der Waals surface area contributed by atoms with Crippen LogP contribution in [0.4, 0.5) is 10.7 Å². The maximum atomic E-state index is 14.0. The number of thiophene rings is 1. The van der Waals surface area contributed by atoms with E-state index in [4.69, 9.17) is 16.3 Å². The molecule has 1 unspecified atom stereocenters. The molecule has 45 heavy (non-hydrogen) atoms. The number of esters is 1. The Morgan fingerprint density at radius 1 is 0.889 bits per heavy atom. The van der Waals surface area contributed by atoms with Crippen molar-refractivity contribution in [2.75, 3.05) is 17.2 Å². The molecule has 6 nitrogen and oxygen atoms in total. The minimum atomic E-state index is -0.647. The number of aryl methyl sites for hydroxylation is 1. The van der Waals surface area contributed by atoms with Crippen LogP contribution in [0.15, 0.2) is 113 Å². The van der Waals surface area contributed by atoms with Crippen LogP contribution in [0.1, 0.15) is 39.2 Å². The SMILES string of the molecule is CCOC(=O)c1c(-c2ccc(C)cc2)csc1NC(=O)C(Sc1cccc(NC(=O)Cc2ccc(Cl)cc2)c1)c1ccccc1. The zero-order chi connectivity index (χ0) is 31.8. The van der Waals surface area contributed by atoms with E-state index < -0.39 is 11.2 Å². The highest BCUT2D eigenvalue weighted by atomic mass is 35.5. The van der Waals surface area contributed by atoms with Gasteiger partial charge in [0.1, 0.15) is 15.8 Å². The number of thioether (sulfide) groups is 1. The molecule has 5 aromatic rings. The first kappa shape index (κ1) is 32.0. The van der Waals surface area contributed by atoms with E-state index in [0.717, 1.165) is 27.1 Å². The Hall–Kier alpha value is -4.37. The van der Waals surface area contributed by atoms with Crippen LogP contribution in [0.2, 0.25) is 5.02 Å². The van der Waals surface area contributed by atoms with Gasteiger partial charge in [-0.1, -0.05) is 90.0 Å². The van der Waals surface area contributed by atoms with Crippen LogP contribution in [-0.4, -0.2) is 24.4 Å². The summed E-state index contributed by atoms with van der Waals surface area (Å²) in [5.41, 5.74) is 5.28. The molecule has 228 valence electrons. The lowest BCUT2D eigenvalue weighted by atomic mass is 10.0. The number of nitrogens with one attached hydrogen (secondary N) is 2. The predicted octanol–water partition coefficient (Wildman–Crippen LogP) is 9.21. The van der Waals surface area contributed by atoms with Gasteiger partial charge < -0.3 is 15.4 Å². The fraction of sp³-hybridized carbons (Fsp3) is 0.139. The number of carbonyl (C=O) groups is 3. The van der Waals surface area contributed by atoms with E-state index in [1.165, 1.54) is 23.1 Å². The van der Waals surface area contributed by atoms with Crippen molar-refractivity contribution >= 4 is 63.2 Å². The molecule has 1 aromatic heterocycles. The Kier molecular flexibility index (Phi) is 10.7. The monoisotopic (exact) mass is 654 g/mol. The van der Waals surface area contributed by atoms with Crippen LogP contribution in [-0.2, 0) is 20.7 Å². The second kappa shape index (κ2) is 15.1. The van der Waals surface area contributed by atoms with Crippen molar-refractivity contribution in [1.82, 2.24) is 0 Å². The Morgan fingerprint density at radius 3 is 2.33 bits per heavy atom. The summed E-state index contributed by atoms with van der Waals surface area (Å²) >= 11 is 8.61. The zero-order valence-electron chi connectivity index (χ0n) is 24.7. The maximum Gasteiger partial charge on any atom is 0.341 e.